The van der Waals surface area contributed by atoms with Crippen LogP contribution >= 0.6 is 11.3 Å². The van der Waals surface area contributed by atoms with Crippen molar-refractivity contribution in [3.63, 3.8) is 0 Å². The molecule has 1 saturated heterocycles. The molecule has 1 unspecified atom stereocenters. The summed E-state index contributed by atoms with van der Waals surface area (Å²) >= 11 is 1.65. The van der Waals surface area contributed by atoms with Gasteiger partial charge in [0.05, 0.1) is 24.6 Å². The third kappa shape index (κ3) is 4.33. The molecule has 0 amide bonds. The largest absolute Gasteiger partial charge is 0.379 e. The lowest BCUT2D eigenvalue weighted by Gasteiger charge is -2.29. The van der Waals surface area contributed by atoms with E-state index in [0.717, 1.165) is 55.8 Å². The van der Waals surface area contributed by atoms with Crippen molar-refractivity contribution in [2.45, 2.75) is 19.5 Å². The minimum Gasteiger partial charge on any atom is -0.379 e. The zero-order valence-corrected chi connectivity index (χ0v) is 13.7. The van der Waals surface area contributed by atoms with Gasteiger partial charge in [-0.2, -0.15) is 0 Å². The molecule has 1 aliphatic heterocycles. The van der Waals surface area contributed by atoms with E-state index in [4.69, 9.17) is 4.74 Å². The second-order valence-electron chi connectivity index (χ2n) is 5.55. The van der Waals surface area contributed by atoms with E-state index in [-0.39, 0.29) is 0 Å². The molecule has 0 saturated carbocycles. The van der Waals surface area contributed by atoms with Gasteiger partial charge >= 0.3 is 0 Å². The molecule has 22 heavy (non-hydrogen) atoms. The molecular formula is C16H22N4OS. The molecular weight excluding hydrogens is 296 g/mol. The number of ether oxygens (including phenoxy) is 1. The standard InChI is InChI=1S/C16H22N4OS/c1-13(11-20-6-8-21-9-7-20)18-10-14-12-22-16(19-14)15-4-2-3-5-17-15/h2-5,12-13,18H,6-11H2,1H3. The summed E-state index contributed by atoms with van der Waals surface area (Å²) in [4.78, 5) is 11.4. The Labute approximate surface area is 135 Å². The first-order chi connectivity index (χ1) is 10.8. The third-order valence-electron chi connectivity index (χ3n) is 3.70. The van der Waals surface area contributed by atoms with E-state index in [9.17, 15) is 0 Å². The fourth-order valence-electron chi connectivity index (χ4n) is 2.51. The van der Waals surface area contributed by atoms with Crippen molar-refractivity contribution in [3.05, 3.63) is 35.5 Å². The molecule has 0 aromatic carbocycles. The number of pyridine rings is 1. The second kappa shape index (κ2) is 7.78. The number of nitrogens with one attached hydrogen (secondary N) is 1. The Balaban J connectivity index is 1.48. The maximum atomic E-state index is 5.38. The van der Waals surface area contributed by atoms with Gasteiger partial charge in [-0.25, -0.2) is 4.98 Å². The van der Waals surface area contributed by atoms with Gasteiger partial charge in [-0.15, -0.1) is 11.3 Å². The molecule has 5 nitrogen and oxygen atoms in total. The lowest BCUT2D eigenvalue weighted by molar-refractivity contribution is 0.0343. The second-order valence-corrected chi connectivity index (χ2v) is 6.41. The first kappa shape index (κ1) is 15.6. The van der Waals surface area contributed by atoms with Gasteiger partial charge < -0.3 is 10.1 Å². The maximum absolute atomic E-state index is 5.38. The van der Waals surface area contributed by atoms with Crippen LogP contribution in [0, 0.1) is 0 Å². The van der Waals surface area contributed by atoms with E-state index in [0.29, 0.717) is 6.04 Å². The number of hydrogen-bond acceptors (Lipinski definition) is 6. The minimum absolute atomic E-state index is 0.443. The van der Waals surface area contributed by atoms with E-state index in [2.05, 4.69) is 32.5 Å². The first-order valence-electron chi connectivity index (χ1n) is 7.70. The van der Waals surface area contributed by atoms with E-state index in [1.54, 1.807) is 17.5 Å². The monoisotopic (exact) mass is 318 g/mol. The van der Waals surface area contributed by atoms with Crippen molar-refractivity contribution < 1.29 is 4.74 Å². The topological polar surface area (TPSA) is 50.3 Å². The molecule has 2 aromatic heterocycles. The van der Waals surface area contributed by atoms with Crippen LogP contribution in [0.3, 0.4) is 0 Å². The van der Waals surface area contributed by atoms with E-state index < -0.39 is 0 Å². The Kier molecular flexibility index (Phi) is 5.50. The number of morpholine rings is 1. The molecule has 1 aliphatic rings. The van der Waals surface area contributed by atoms with Crippen LogP contribution in [0.5, 0.6) is 0 Å². The van der Waals surface area contributed by atoms with Crippen LogP contribution in [0.15, 0.2) is 29.8 Å². The first-order valence-corrected chi connectivity index (χ1v) is 8.58. The predicted octanol–water partition coefficient (Wildman–Crippen LogP) is 2.02. The van der Waals surface area contributed by atoms with Gasteiger partial charge in [0, 0.05) is 43.8 Å². The van der Waals surface area contributed by atoms with Crippen molar-refractivity contribution >= 4 is 11.3 Å². The van der Waals surface area contributed by atoms with Crippen LogP contribution in [0.25, 0.3) is 10.7 Å². The third-order valence-corrected chi connectivity index (χ3v) is 4.62. The average Bonchev–Trinajstić information content (AvgIpc) is 3.04. The Bertz CT molecular complexity index is 569. The fourth-order valence-corrected chi connectivity index (χ4v) is 3.30. The van der Waals surface area contributed by atoms with Crippen LogP contribution < -0.4 is 5.32 Å². The summed E-state index contributed by atoms with van der Waals surface area (Å²) in [7, 11) is 0. The molecule has 118 valence electrons. The van der Waals surface area contributed by atoms with Gasteiger partial charge in [-0.1, -0.05) is 6.07 Å². The number of thiazole rings is 1. The Morgan fingerprint density at radius 1 is 1.36 bits per heavy atom. The van der Waals surface area contributed by atoms with Crippen LogP contribution in [-0.2, 0) is 11.3 Å². The van der Waals surface area contributed by atoms with E-state index in [1.165, 1.54) is 0 Å². The molecule has 2 aromatic rings. The summed E-state index contributed by atoms with van der Waals surface area (Å²) < 4.78 is 5.38. The molecule has 0 spiro atoms. The predicted molar refractivity (Wildman–Crippen MR) is 88.9 cm³/mol. The van der Waals surface area contributed by atoms with Gasteiger partial charge in [0.15, 0.2) is 0 Å². The Hall–Kier alpha value is -1.34. The van der Waals surface area contributed by atoms with E-state index >= 15 is 0 Å². The van der Waals surface area contributed by atoms with Crippen LogP contribution in [0.1, 0.15) is 12.6 Å². The normalized spacial score (nSPS) is 17.5. The van der Waals surface area contributed by atoms with Crippen LogP contribution in [-0.4, -0.2) is 53.8 Å². The van der Waals surface area contributed by atoms with Crippen molar-refractivity contribution in [3.8, 4) is 10.7 Å². The van der Waals surface area contributed by atoms with Gasteiger partial charge in [-0.3, -0.25) is 9.88 Å². The average molecular weight is 318 g/mol. The minimum atomic E-state index is 0.443. The summed E-state index contributed by atoms with van der Waals surface area (Å²) in [5.74, 6) is 0. The quantitative estimate of drug-likeness (QED) is 0.883. The number of rotatable bonds is 6. The summed E-state index contributed by atoms with van der Waals surface area (Å²) in [6, 6.07) is 6.36. The SMILES string of the molecule is CC(CN1CCOCC1)NCc1csc(-c2ccccn2)n1. The zero-order valence-electron chi connectivity index (χ0n) is 12.9. The van der Waals surface area contributed by atoms with E-state index in [1.807, 2.05) is 18.2 Å². The fraction of sp³-hybridized carbons (Fsp3) is 0.500. The molecule has 6 heteroatoms. The van der Waals surface area contributed by atoms with Gasteiger partial charge in [0.2, 0.25) is 0 Å². The summed E-state index contributed by atoms with van der Waals surface area (Å²) in [6.07, 6.45) is 1.80. The number of nitrogens with zero attached hydrogens (tertiary/aromatic N) is 3. The highest BCUT2D eigenvalue weighted by Crippen LogP contribution is 2.21. The molecule has 0 aliphatic carbocycles. The van der Waals surface area contributed by atoms with Crippen LogP contribution in [0.2, 0.25) is 0 Å². The molecule has 0 radical (unpaired) electrons. The highest BCUT2D eigenvalue weighted by Gasteiger charge is 2.13. The highest BCUT2D eigenvalue weighted by molar-refractivity contribution is 7.13. The lowest BCUT2D eigenvalue weighted by Crippen LogP contribution is -2.44. The van der Waals surface area contributed by atoms with Gasteiger partial charge in [0.25, 0.3) is 0 Å². The van der Waals surface area contributed by atoms with Crippen LogP contribution in [0.4, 0.5) is 0 Å². The number of hydrogen-bond donors (Lipinski definition) is 1. The molecule has 0 bridgehead atoms. The van der Waals surface area contributed by atoms with Crippen molar-refractivity contribution in [2.24, 2.45) is 0 Å². The Morgan fingerprint density at radius 3 is 3.00 bits per heavy atom. The molecule has 3 rings (SSSR count). The lowest BCUT2D eigenvalue weighted by atomic mass is 10.2. The smallest absolute Gasteiger partial charge is 0.142 e. The number of aromatic nitrogens is 2. The van der Waals surface area contributed by atoms with Crippen molar-refractivity contribution in [1.82, 2.24) is 20.2 Å². The molecule has 1 fully saturated rings. The Morgan fingerprint density at radius 2 is 2.23 bits per heavy atom. The van der Waals surface area contributed by atoms with Gasteiger partial charge in [-0.05, 0) is 19.1 Å². The summed E-state index contributed by atoms with van der Waals surface area (Å²) in [5.41, 5.74) is 2.03. The maximum Gasteiger partial charge on any atom is 0.142 e. The van der Waals surface area contributed by atoms with Crippen molar-refractivity contribution in [1.29, 1.82) is 0 Å². The molecule has 1 N–H and O–H groups in total. The van der Waals surface area contributed by atoms with Crippen molar-refractivity contribution in [2.75, 3.05) is 32.8 Å². The summed E-state index contributed by atoms with van der Waals surface area (Å²) in [6.45, 7) is 7.86. The van der Waals surface area contributed by atoms with Gasteiger partial charge in [0.1, 0.15) is 5.01 Å². The summed E-state index contributed by atoms with van der Waals surface area (Å²) in [5, 5.41) is 6.65. The highest BCUT2D eigenvalue weighted by atomic mass is 32.1. The zero-order chi connectivity index (χ0) is 15.2. The molecule has 1 atom stereocenters. The molecule has 3 heterocycles.